The minimum Gasteiger partial charge on any atom is -0.458 e. The van der Waals surface area contributed by atoms with E-state index >= 15 is 0 Å². The van der Waals surface area contributed by atoms with E-state index in [4.69, 9.17) is 4.74 Å². The van der Waals surface area contributed by atoms with Crippen LogP contribution in [0.2, 0.25) is 0 Å². The third-order valence-electron chi connectivity index (χ3n) is 3.52. The molecule has 0 aromatic carbocycles. The Labute approximate surface area is 136 Å². The molecule has 0 saturated carbocycles. The number of carbonyl (C=O) groups is 1. The van der Waals surface area contributed by atoms with E-state index in [-0.39, 0.29) is 24.3 Å². The van der Waals surface area contributed by atoms with Crippen molar-refractivity contribution >= 4 is 11.6 Å². The number of fused-ring (bicyclic) bond motifs is 1. The monoisotopic (exact) mass is 325 g/mol. The first kappa shape index (κ1) is 15.7. The molecular weight excluding hydrogens is 310 g/mol. The second-order valence-corrected chi connectivity index (χ2v) is 5.30. The number of aromatic nitrogens is 3. The van der Waals surface area contributed by atoms with Crippen LogP contribution in [0, 0.1) is 6.92 Å². The van der Waals surface area contributed by atoms with Gasteiger partial charge in [0.25, 0.3) is 11.1 Å². The zero-order chi connectivity index (χ0) is 17.1. The van der Waals surface area contributed by atoms with Crippen LogP contribution in [0.3, 0.4) is 0 Å². The maximum Gasteiger partial charge on any atom is 0.326 e. The summed E-state index contributed by atoms with van der Waals surface area (Å²) in [7, 11) is 0. The van der Waals surface area contributed by atoms with Crippen molar-refractivity contribution in [2.75, 3.05) is 0 Å². The quantitative estimate of drug-likeness (QED) is 0.666. The highest BCUT2D eigenvalue weighted by molar-refractivity contribution is 5.69. The number of carbonyl (C=O) groups excluding carboxylic acids is 1. The predicted molar refractivity (Wildman–Crippen MR) is 86.7 cm³/mol. The Kier molecular flexibility index (Phi) is 4.24. The van der Waals surface area contributed by atoms with E-state index in [0.717, 1.165) is 5.56 Å². The van der Waals surface area contributed by atoms with Crippen LogP contribution in [0.15, 0.2) is 58.4 Å². The largest absolute Gasteiger partial charge is 0.458 e. The van der Waals surface area contributed by atoms with Gasteiger partial charge in [-0.3, -0.25) is 18.8 Å². The third-order valence-corrected chi connectivity index (χ3v) is 3.52. The van der Waals surface area contributed by atoms with Crippen LogP contribution in [0.5, 0.6) is 0 Å². The van der Waals surface area contributed by atoms with Gasteiger partial charge in [-0.05, 0) is 24.6 Å². The van der Waals surface area contributed by atoms with Gasteiger partial charge in [-0.1, -0.05) is 12.1 Å². The van der Waals surface area contributed by atoms with Gasteiger partial charge >= 0.3 is 5.97 Å². The highest BCUT2D eigenvalue weighted by Gasteiger charge is 2.09. The van der Waals surface area contributed by atoms with Crippen LogP contribution in [-0.2, 0) is 22.7 Å². The van der Waals surface area contributed by atoms with E-state index in [0.29, 0.717) is 11.3 Å². The summed E-state index contributed by atoms with van der Waals surface area (Å²) in [5.41, 5.74) is 1.21. The Morgan fingerprint density at radius 2 is 1.96 bits per heavy atom. The maximum absolute atomic E-state index is 12.1. The van der Waals surface area contributed by atoms with E-state index in [1.54, 1.807) is 24.4 Å². The number of hydrogen-bond acceptors (Lipinski definition) is 5. The lowest BCUT2D eigenvalue weighted by molar-refractivity contribution is -0.145. The smallest absolute Gasteiger partial charge is 0.326 e. The summed E-state index contributed by atoms with van der Waals surface area (Å²) in [6.45, 7) is 1.53. The molecule has 3 aromatic rings. The van der Waals surface area contributed by atoms with E-state index in [1.807, 2.05) is 13.0 Å². The summed E-state index contributed by atoms with van der Waals surface area (Å²) in [6, 6.07) is 9.56. The fourth-order valence-corrected chi connectivity index (χ4v) is 2.31. The molecule has 7 heteroatoms. The number of rotatable bonds is 4. The molecule has 0 unspecified atom stereocenters. The Hall–Kier alpha value is -3.22. The topological polar surface area (TPSA) is 82.7 Å². The van der Waals surface area contributed by atoms with E-state index in [2.05, 4.69) is 4.98 Å². The Morgan fingerprint density at radius 3 is 2.75 bits per heavy atom. The molecule has 0 atom stereocenters. The van der Waals surface area contributed by atoms with Gasteiger partial charge in [0.1, 0.15) is 18.8 Å². The van der Waals surface area contributed by atoms with Crippen molar-refractivity contribution in [1.82, 2.24) is 14.0 Å². The lowest BCUT2D eigenvalue weighted by Crippen LogP contribution is -2.24. The molecule has 0 aliphatic carbocycles. The molecule has 3 rings (SSSR count). The summed E-state index contributed by atoms with van der Waals surface area (Å²) < 4.78 is 7.80. The molecule has 0 fully saturated rings. The van der Waals surface area contributed by atoms with E-state index in [1.165, 1.54) is 27.3 Å². The van der Waals surface area contributed by atoms with Crippen molar-refractivity contribution < 1.29 is 9.53 Å². The first-order valence-corrected chi connectivity index (χ1v) is 7.33. The van der Waals surface area contributed by atoms with Crippen LogP contribution in [0.25, 0.3) is 5.65 Å². The number of aryl methyl sites for hydroxylation is 1. The van der Waals surface area contributed by atoms with Crippen molar-refractivity contribution in [2.24, 2.45) is 0 Å². The molecule has 122 valence electrons. The van der Waals surface area contributed by atoms with Gasteiger partial charge in [-0.15, -0.1) is 0 Å². The Bertz CT molecular complexity index is 1020. The molecule has 0 radical (unpaired) electrons. The number of nitrogens with zero attached hydrogens (tertiary/aromatic N) is 3. The fraction of sp³-hybridized carbons (Fsp3) is 0.176. The van der Waals surface area contributed by atoms with Gasteiger partial charge < -0.3 is 9.30 Å². The minimum absolute atomic E-state index is 0.125. The normalized spacial score (nSPS) is 10.7. The van der Waals surface area contributed by atoms with Crippen LogP contribution in [0.1, 0.15) is 11.3 Å². The van der Waals surface area contributed by atoms with E-state index in [9.17, 15) is 14.4 Å². The summed E-state index contributed by atoms with van der Waals surface area (Å²) in [6.07, 6.45) is 3.14. The molecule has 24 heavy (non-hydrogen) atoms. The number of esters is 1. The molecule has 3 aromatic heterocycles. The van der Waals surface area contributed by atoms with Gasteiger partial charge in [-0.2, -0.15) is 0 Å². The number of ether oxygens (including phenoxy) is 1. The lowest BCUT2D eigenvalue weighted by atomic mass is 10.3. The molecule has 3 heterocycles. The first-order chi connectivity index (χ1) is 11.5. The SMILES string of the molecule is Cc1cccn2c(=O)cc(COC(=O)Cn3ccccc3=O)nc12. The highest BCUT2D eigenvalue weighted by atomic mass is 16.5. The van der Waals surface area contributed by atoms with Gasteiger partial charge in [0.05, 0.1) is 5.69 Å². The van der Waals surface area contributed by atoms with Gasteiger partial charge in [-0.25, -0.2) is 4.98 Å². The number of hydrogen-bond donors (Lipinski definition) is 0. The first-order valence-electron chi connectivity index (χ1n) is 7.33. The van der Waals surface area contributed by atoms with Crippen molar-refractivity contribution in [3.05, 3.63) is 80.8 Å². The fourth-order valence-electron chi connectivity index (χ4n) is 2.31. The molecule has 0 aliphatic rings. The molecule has 7 nitrogen and oxygen atoms in total. The van der Waals surface area contributed by atoms with Gasteiger partial charge in [0.15, 0.2) is 0 Å². The number of pyridine rings is 2. The van der Waals surface area contributed by atoms with Crippen molar-refractivity contribution in [3.8, 4) is 0 Å². The van der Waals surface area contributed by atoms with Crippen molar-refractivity contribution in [2.45, 2.75) is 20.1 Å². The summed E-state index contributed by atoms with van der Waals surface area (Å²) in [5, 5.41) is 0. The summed E-state index contributed by atoms with van der Waals surface area (Å²) >= 11 is 0. The lowest BCUT2D eigenvalue weighted by Gasteiger charge is -2.08. The Balaban J connectivity index is 1.75. The second kappa shape index (κ2) is 6.49. The van der Waals surface area contributed by atoms with Crippen LogP contribution >= 0.6 is 0 Å². The van der Waals surface area contributed by atoms with Crippen molar-refractivity contribution in [3.63, 3.8) is 0 Å². The average Bonchev–Trinajstić information content (AvgIpc) is 2.56. The summed E-state index contributed by atoms with van der Waals surface area (Å²) in [4.78, 5) is 39.8. The van der Waals surface area contributed by atoms with Crippen LogP contribution in [0.4, 0.5) is 0 Å². The Morgan fingerprint density at radius 1 is 1.12 bits per heavy atom. The zero-order valence-electron chi connectivity index (χ0n) is 13.0. The van der Waals surface area contributed by atoms with Crippen LogP contribution < -0.4 is 11.1 Å². The molecule has 0 spiro atoms. The molecule has 0 bridgehead atoms. The van der Waals surface area contributed by atoms with Gasteiger partial charge in [0.2, 0.25) is 0 Å². The van der Waals surface area contributed by atoms with E-state index < -0.39 is 5.97 Å². The zero-order valence-corrected chi connectivity index (χ0v) is 13.0. The third kappa shape index (κ3) is 3.24. The average molecular weight is 325 g/mol. The predicted octanol–water partition coefficient (Wildman–Crippen LogP) is 0.908. The van der Waals surface area contributed by atoms with Crippen molar-refractivity contribution in [1.29, 1.82) is 0 Å². The second-order valence-electron chi connectivity index (χ2n) is 5.30. The highest BCUT2D eigenvalue weighted by Crippen LogP contribution is 2.06. The molecular formula is C17H15N3O4. The molecule has 0 aliphatic heterocycles. The molecule has 0 saturated heterocycles. The maximum atomic E-state index is 12.1. The molecule has 0 N–H and O–H groups in total. The minimum atomic E-state index is -0.574. The summed E-state index contributed by atoms with van der Waals surface area (Å²) in [5.74, 6) is -0.574. The van der Waals surface area contributed by atoms with Gasteiger partial charge in [0, 0.05) is 24.5 Å². The standard InChI is InChI=1S/C17H15N3O4/c1-12-5-4-8-20-15(22)9-13(18-17(12)20)11-24-16(23)10-19-7-3-2-6-14(19)21/h2-9H,10-11H2,1H3. The molecule has 0 amide bonds. The van der Waals surface area contributed by atoms with Crippen LogP contribution in [-0.4, -0.2) is 19.9 Å².